The monoisotopic (exact) mass is 340 g/mol. The van der Waals surface area contributed by atoms with Crippen LogP contribution in [-0.2, 0) is 11.2 Å². The van der Waals surface area contributed by atoms with Crippen molar-refractivity contribution in [3.63, 3.8) is 0 Å². The Morgan fingerprint density at radius 2 is 2.09 bits per heavy atom. The summed E-state index contributed by atoms with van der Waals surface area (Å²) in [6.45, 7) is 6.78. The van der Waals surface area contributed by atoms with Gasteiger partial charge in [0.2, 0.25) is 5.91 Å². The first kappa shape index (κ1) is 16.1. The topological polar surface area (TPSA) is 32.3 Å². The van der Waals surface area contributed by atoms with Gasteiger partial charge in [0.15, 0.2) is 0 Å². The molecule has 2 heterocycles. The van der Waals surface area contributed by atoms with E-state index in [9.17, 15) is 4.79 Å². The third-order valence-corrected chi connectivity index (χ3v) is 5.65. The number of benzene rings is 1. The first-order valence-electron chi connectivity index (χ1n) is 7.98. The van der Waals surface area contributed by atoms with Gasteiger partial charge < -0.3 is 10.2 Å². The lowest BCUT2D eigenvalue weighted by Gasteiger charge is -2.40. The molecule has 1 saturated heterocycles. The molecule has 3 nitrogen and oxygen atoms in total. The van der Waals surface area contributed by atoms with Gasteiger partial charge in [0.1, 0.15) is 0 Å². The Labute approximate surface area is 142 Å². The molecule has 1 aromatic rings. The first-order chi connectivity index (χ1) is 10.5. The summed E-state index contributed by atoms with van der Waals surface area (Å²) in [6, 6.07) is 3.76. The maximum absolute atomic E-state index is 13.0. The summed E-state index contributed by atoms with van der Waals surface area (Å²) in [5, 5.41) is 4.68. The molecule has 1 amide bonds. The van der Waals surface area contributed by atoms with E-state index in [1.54, 1.807) is 6.07 Å². The minimum atomic E-state index is 0.00939. The van der Waals surface area contributed by atoms with Crippen LogP contribution in [0.3, 0.4) is 0 Å². The molecule has 0 bridgehead atoms. The summed E-state index contributed by atoms with van der Waals surface area (Å²) in [5.41, 5.74) is 2.23. The smallest absolute Gasteiger partial charge is 0.227 e. The molecule has 3 atom stereocenters. The van der Waals surface area contributed by atoms with Crippen LogP contribution < -0.4 is 5.32 Å². The second kappa shape index (κ2) is 6.38. The number of nitrogens with one attached hydrogen (secondary N) is 1. The fourth-order valence-electron chi connectivity index (χ4n) is 3.74. The molecule has 0 aliphatic carbocycles. The average Bonchev–Trinajstić information content (AvgIpc) is 2.46. The average molecular weight is 341 g/mol. The molecule has 0 spiro atoms. The lowest BCUT2D eigenvalue weighted by molar-refractivity contribution is -0.140. The van der Waals surface area contributed by atoms with E-state index in [-0.39, 0.29) is 17.9 Å². The van der Waals surface area contributed by atoms with Crippen LogP contribution in [-0.4, -0.2) is 30.4 Å². The van der Waals surface area contributed by atoms with Gasteiger partial charge in [-0.25, -0.2) is 0 Å². The number of carbonyl (C=O) groups excluding carboxylic acids is 1. The van der Waals surface area contributed by atoms with Crippen molar-refractivity contribution in [1.29, 1.82) is 0 Å². The first-order valence-corrected chi connectivity index (χ1v) is 8.73. The largest absolute Gasteiger partial charge is 0.335 e. The molecule has 0 aromatic heterocycles. The molecular formula is C17H22Cl2N2O. The van der Waals surface area contributed by atoms with Crippen molar-refractivity contribution in [3.05, 3.63) is 33.3 Å². The van der Waals surface area contributed by atoms with Crippen LogP contribution in [0.1, 0.15) is 37.4 Å². The maximum Gasteiger partial charge on any atom is 0.227 e. The fraction of sp³-hybridized carbons (Fsp3) is 0.588. The number of hydrogen-bond donors (Lipinski definition) is 1. The zero-order chi connectivity index (χ0) is 15.9. The van der Waals surface area contributed by atoms with Gasteiger partial charge in [-0.1, -0.05) is 30.1 Å². The van der Waals surface area contributed by atoms with Crippen molar-refractivity contribution in [3.8, 4) is 0 Å². The minimum Gasteiger partial charge on any atom is -0.335 e. The van der Waals surface area contributed by atoms with Crippen LogP contribution in [0.15, 0.2) is 12.1 Å². The number of piperidine rings is 1. The summed E-state index contributed by atoms with van der Waals surface area (Å²) in [4.78, 5) is 15.0. The normalized spacial score (nSPS) is 28.4. The molecule has 22 heavy (non-hydrogen) atoms. The van der Waals surface area contributed by atoms with E-state index in [0.717, 1.165) is 38.0 Å². The lowest BCUT2D eigenvalue weighted by Crippen LogP contribution is -2.49. The summed E-state index contributed by atoms with van der Waals surface area (Å²) < 4.78 is 0. The summed E-state index contributed by atoms with van der Waals surface area (Å²) in [6.07, 6.45) is 1.88. The van der Waals surface area contributed by atoms with Crippen molar-refractivity contribution in [2.24, 2.45) is 11.8 Å². The highest BCUT2D eigenvalue weighted by molar-refractivity contribution is 6.35. The SMILES string of the molecule is CC1CCNCC1C(=O)N1CCc2cc(Cl)cc(Cl)c2[C@@H]1C. The number of rotatable bonds is 1. The van der Waals surface area contributed by atoms with Gasteiger partial charge in [-0.3, -0.25) is 4.79 Å². The van der Waals surface area contributed by atoms with Gasteiger partial charge in [0.05, 0.1) is 12.0 Å². The molecule has 0 radical (unpaired) electrons. The highest BCUT2D eigenvalue weighted by Gasteiger charge is 2.36. The zero-order valence-corrected chi connectivity index (χ0v) is 14.5. The standard InChI is InChI=1S/C17H22Cl2N2O/c1-10-3-5-20-9-14(10)17(22)21-6-4-12-7-13(18)8-15(19)16(12)11(21)2/h7-8,10-11,14,20H,3-6,9H2,1-2H3/t10?,11-,14?/m0/s1. The van der Waals surface area contributed by atoms with Gasteiger partial charge in [-0.2, -0.15) is 0 Å². The van der Waals surface area contributed by atoms with Crippen molar-refractivity contribution in [2.45, 2.75) is 32.7 Å². The Morgan fingerprint density at radius 3 is 2.82 bits per heavy atom. The van der Waals surface area contributed by atoms with E-state index in [1.165, 1.54) is 5.56 Å². The molecule has 120 valence electrons. The minimum absolute atomic E-state index is 0.00939. The molecule has 5 heteroatoms. The molecule has 2 aliphatic rings. The molecule has 2 aliphatic heterocycles. The number of halogens is 2. The molecule has 2 unspecified atom stereocenters. The number of hydrogen-bond acceptors (Lipinski definition) is 2. The van der Waals surface area contributed by atoms with Gasteiger partial charge >= 0.3 is 0 Å². The second-order valence-corrected chi connectivity index (χ2v) is 7.34. The number of fused-ring (bicyclic) bond motifs is 1. The van der Waals surface area contributed by atoms with Gasteiger partial charge in [-0.15, -0.1) is 0 Å². The van der Waals surface area contributed by atoms with Crippen LogP contribution in [0.2, 0.25) is 10.0 Å². The molecule has 0 saturated carbocycles. The van der Waals surface area contributed by atoms with Gasteiger partial charge in [-0.05, 0) is 55.5 Å². The lowest BCUT2D eigenvalue weighted by atomic mass is 9.85. The molecule has 1 aromatic carbocycles. The van der Waals surface area contributed by atoms with Crippen molar-refractivity contribution >= 4 is 29.1 Å². The number of nitrogens with zero attached hydrogens (tertiary/aromatic N) is 1. The third kappa shape index (κ3) is 2.86. The summed E-state index contributed by atoms with van der Waals surface area (Å²) in [5.74, 6) is 0.760. The zero-order valence-electron chi connectivity index (χ0n) is 13.0. The summed E-state index contributed by atoms with van der Waals surface area (Å²) >= 11 is 12.5. The highest BCUT2D eigenvalue weighted by Crippen LogP contribution is 2.38. The van der Waals surface area contributed by atoms with E-state index in [1.807, 2.05) is 11.0 Å². The van der Waals surface area contributed by atoms with Gasteiger partial charge in [0.25, 0.3) is 0 Å². The van der Waals surface area contributed by atoms with Crippen LogP contribution in [0.25, 0.3) is 0 Å². The summed E-state index contributed by atoms with van der Waals surface area (Å²) in [7, 11) is 0. The van der Waals surface area contributed by atoms with Crippen molar-refractivity contribution in [1.82, 2.24) is 10.2 Å². The maximum atomic E-state index is 13.0. The molecule has 1 fully saturated rings. The van der Waals surface area contributed by atoms with E-state index >= 15 is 0 Å². The highest BCUT2D eigenvalue weighted by atomic mass is 35.5. The second-order valence-electron chi connectivity index (χ2n) is 6.49. The molecule has 1 N–H and O–H groups in total. The van der Waals surface area contributed by atoms with Crippen LogP contribution >= 0.6 is 23.2 Å². The van der Waals surface area contributed by atoms with E-state index in [4.69, 9.17) is 23.2 Å². The Balaban J connectivity index is 1.86. The van der Waals surface area contributed by atoms with Gasteiger partial charge in [0, 0.05) is 23.1 Å². The molecular weight excluding hydrogens is 319 g/mol. The predicted molar refractivity (Wildman–Crippen MR) is 90.4 cm³/mol. The third-order valence-electron chi connectivity index (χ3n) is 5.12. The molecule has 3 rings (SSSR count). The Hall–Kier alpha value is -0.770. The predicted octanol–water partition coefficient (Wildman–Crippen LogP) is 3.68. The Bertz CT molecular complexity index is 590. The Kier molecular flexibility index (Phi) is 4.67. The van der Waals surface area contributed by atoms with E-state index in [2.05, 4.69) is 19.2 Å². The van der Waals surface area contributed by atoms with Crippen molar-refractivity contribution in [2.75, 3.05) is 19.6 Å². The van der Waals surface area contributed by atoms with Crippen LogP contribution in [0.5, 0.6) is 0 Å². The fourth-order valence-corrected chi connectivity index (χ4v) is 4.43. The van der Waals surface area contributed by atoms with E-state index < -0.39 is 0 Å². The Morgan fingerprint density at radius 1 is 1.32 bits per heavy atom. The quantitative estimate of drug-likeness (QED) is 0.845. The number of amides is 1. The van der Waals surface area contributed by atoms with E-state index in [0.29, 0.717) is 16.0 Å². The van der Waals surface area contributed by atoms with Crippen LogP contribution in [0.4, 0.5) is 0 Å². The van der Waals surface area contributed by atoms with Crippen LogP contribution in [0, 0.1) is 11.8 Å². The van der Waals surface area contributed by atoms with Crippen molar-refractivity contribution < 1.29 is 4.79 Å². The number of carbonyl (C=O) groups is 1.